The number of allylic oxidation sites excluding steroid dienone is 1. The normalized spacial score (nSPS) is 9.87. The number of aryl methyl sites for hydroxylation is 1. The van der Waals surface area contributed by atoms with Gasteiger partial charge in [-0.05, 0) is 25.7 Å². The number of aromatic amines is 1. The Labute approximate surface area is 89.8 Å². The Kier molecular flexibility index (Phi) is 5.22. The number of rotatable bonds is 8. The molecule has 4 nitrogen and oxygen atoms in total. The third kappa shape index (κ3) is 5.00. The lowest BCUT2D eigenvalue weighted by atomic mass is 10.1. The zero-order chi connectivity index (χ0) is 10.9. The number of aromatic nitrogens is 2. The highest BCUT2D eigenvalue weighted by Gasteiger charge is 1.95. The van der Waals surface area contributed by atoms with Crippen LogP contribution in [-0.4, -0.2) is 16.4 Å². The van der Waals surface area contributed by atoms with Crippen LogP contribution in [0.3, 0.4) is 0 Å². The first-order valence-corrected chi connectivity index (χ1v) is 5.18. The van der Waals surface area contributed by atoms with Crippen LogP contribution in [0.4, 0.5) is 0 Å². The molecule has 0 saturated heterocycles. The van der Waals surface area contributed by atoms with Crippen molar-refractivity contribution in [2.24, 2.45) is 0 Å². The van der Waals surface area contributed by atoms with Gasteiger partial charge in [0.15, 0.2) is 0 Å². The van der Waals surface area contributed by atoms with Gasteiger partial charge in [-0.1, -0.05) is 13.0 Å². The Morgan fingerprint density at radius 2 is 2.40 bits per heavy atom. The molecule has 15 heavy (non-hydrogen) atoms. The van der Waals surface area contributed by atoms with Crippen molar-refractivity contribution < 1.29 is 4.79 Å². The van der Waals surface area contributed by atoms with Crippen LogP contribution in [0.5, 0.6) is 0 Å². The molecule has 1 aromatic heterocycles. The van der Waals surface area contributed by atoms with E-state index in [1.165, 1.54) is 5.69 Å². The summed E-state index contributed by atoms with van der Waals surface area (Å²) in [6.07, 6.45) is 9.46. The van der Waals surface area contributed by atoms with E-state index in [1.807, 2.05) is 6.20 Å². The van der Waals surface area contributed by atoms with E-state index in [0.717, 1.165) is 37.8 Å². The zero-order valence-electron chi connectivity index (χ0n) is 8.83. The average molecular weight is 207 g/mol. The van der Waals surface area contributed by atoms with Crippen LogP contribution in [0, 0.1) is 0 Å². The summed E-state index contributed by atoms with van der Waals surface area (Å²) in [6.45, 7) is 3.73. The van der Waals surface area contributed by atoms with Crippen molar-refractivity contribution in [2.45, 2.75) is 32.1 Å². The summed E-state index contributed by atoms with van der Waals surface area (Å²) in [4.78, 5) is 17.1. The minimum Gasteiger partial charge on any atom is -0.348 e. The lowest BCUT2D eigenvalue weighted by Crippen LogP contribution is -2.08. The molecule has 0 radical (unpaired) electrons. The largest absolute Gasteiger partial charge is 0.348 e. The maximum atomic E-state index is 10.1. The van der Waals surface area contributed by atoms with Crippen LogP contribution in [0.2, 0.25) is 0 Å². The number of hydrogen-bond donors (Lipinski definition) is 2. The first kappa shape index (κ1) is 11.5. The number of H-pyrrole nitrogens is 1. The minimum atomic E-state index is 0.674. The minimum absolute atomic E-state index is 0.674. The smallest absolute Gasteiger partial charge is 0.211 e. The Bertz CT molecular complexity index is 293. The van der Waals surface area contributed by atoms with Gasteiger partial charge in [-0.2, -0.15) is 0 Å². The highest BCUT2D eigenvalue weighted by atomic mass is 16.1. The van der Waals surface area contributed by atoms with Crippen molar-refractivity contribution in [1.29, 1.82) is 0 Å². The molecule has 0 fully saturated rings. The standard InChI is InChI=1S/C11H17N3O/c1-10(14-9-15)5-3-2-4-6-11-7-12-8-13-11/h7-9H,1-6H2,(H,12,13)(H,14,15). The molecule has 1 aromatic rings. The fourth-order valence-electron chi connectivity index (χ4n) is 1.41. The van der Waals surface area contributed by atoms with Crippen LogP contribution in [0.15, 0.2) is 24.8 Å². The monoisotopic (exact) mass is 207 g/mol. The molecule has 4 heteroatoms. The predicted octanol–water partition coefficient (Wildman–Crippen LogP) is 1.77. The summed E-state index contributed by atoms with van der Waals surface area (Å²) in [5, 5.41) is 2.56. The Balaban J connectivity index is 1.98. The molecule has 0 atom stereocenters. The average Bonchev–Trinajstić information content (AvgIpc) is 2.70. The number of amides is 1. The molecule has 0 saturated carbocycles. The second-order valence-corrected chi connectivity index (χ2v) is 3.50. The van der Waals surface area contributed by atoms with Gasteiger partial charge in [0.2, 0.25) is 6.41 Å². The van der Waals surface area contributed by atoms with Gasteiger partial charge in [-0.3, -0.25) is 4.79 Å². The van der Waals surface area contributed by atoms with E-state index in [0.29, 0.717) is 6.41 Å². The van der Waals surface area contributed by atoms with Crippen LogP contribution in [0.1, 0.15) is 31.4 Å². The van der Waals surface area contributed by atoms with E-state index in [4.69, 9.17) is 0 Å². The van der Waals surface area contributed by atoms with Gasteiger partial charge < -0.3 is 10.3 Å². The third-order valence-electron chi connectivity index (χ3n) is 2.24. The van der Waals surface area contributed by atoms with Gasteiger partial charge >= 0.3 is 0 Å². The number of carbonyl (C=O) groups excluding carboxylic acids is 1. The van der Waals surface area contributed by atoms with Gasteiger partial charge in [0.05, 0.1) is 6.33 Å². The molecule has 1 heterocycles. The Morgan fingerprint density at radius 1 is 1.53 bits per heavy atom. The molecule has 0 bridgehead atoms. The van der Waals surface area contributed by atoms with Crippen molar-refractivity contribution in [3.05, 3.63) is 30.5 Å². The summed E-state index contributed by atoms with van der Waals surface area (Å²) in [5.74, 6) is 0. The number of hydrogen-bond acceptors (Lipinski definition) is 2. The van der Waals surface area contributed by atoms with Crippen molar-refractivity contribution in [2.75, 3.05) is 0 Å². The van der Waals surface area contributed by atoms with E-state index in [-0.39, 0.29) is 0 Å². The molecule has 1 amide bonds. The van der Waals surface area contributed by atoms with Gasteiger partial charge in [-0.25, -0.2) is 4.98 Å². The Morgan fingerprint density at radius 3 is 3.07 bits per heavy atom. The van der Waals surface area contributed by atoms with Gasteiger partial charge in [0, 0.05) is 17.6 Å². The number of carbonyl (C=O) groups is 1. The first-order valence-electron chi connectivity index (χ1n) is 5.18. The van der Waals surface area contributed by atoms with Crippen LogP contribution < -0.4 is 5.32 Å². The van der Waals surface area contributed by atoms with E-state index in [2.05, 4.69) is 21.9 Å². The molecule has 0 spiro atoms. The highest BCUT2D eigenvalue weighted by Crippen LogP contribution is 2.07. The molecular formula is C11H17N3O. The van der Waals surface area contributed by atoms with Gasteiger partial charge in [0.25, 0.3) is 0 Å². The molecule has 0 unspecified atom stereocenters. The zero-order valence-corrected chi connectivity index (χ0v) is 8.83. The highest BCUT2D eigenvalue weighted by molar-refractivity contribution is 5.49. The van der Waals surface area contributed by atoms with E-state index in [9.17, 15) is 4.79 Å². The maximum Gasteiger partial charge on any atom is 0.211 e. The molecule has 0 aliphatic rings. The summed E-state index contributed by atoms with van der Waals surface area (Å²) in [5.41, 5.74) is 1.98. The lowest BCUT2D eigenvalue weighted by Gasteiger charge is -2.02. The Hall–Kier alpha value is -1.58. The SMILES string of the molecule is C=C(CCCCCc1cnc[nH]1)NC=O. The van der Waals surface area contributed by atoms with Crippen LogP contribution >= 0.6 is 0 Å². The molecule has 0 aliphatic heterocycles. The fourth-order valence-corrected chi connectivity index (χ4v) is 1.41. The van der Waals surface area contributed by atoms with E-state index < -0.39 is 0 Å². The fraction of sp³-hybridized carbons (Fsp3) is 0.455. The number of unbranched alkanes of at least 4 members (excludes halogenated alkanes) is 2. The second kappa shape index (κ2) is 6.81. The van der Waals surface area contributed by atoms with Crippen LogP contribution in [-0.2, 0) is 11.2 Å². The maximum absolute atomic E-state index is 10.1. The van der Waals surface area contributed by atoms with Crippen molar-refractivity contribution in [3.8, 4) is 0 Å². The second-order valence-electron chi connectivity index (χ2n) is 3.50. The van der Waals surface area contributed by atoms with Crippen LogP contribution in [0.25, 0.3) is 0 Å². The van der Waals surface area contributed by atoms with Gasteiger partial charge in [-0.15, -0.1) is 0 Å². The summed E-state index contributed by atoms with van der Waals surface area (Å²) >= 11 is 0. The number of nitrogens with zero attached hydrogens (tertiary/aromatic N) is 1. The summed E-state index contributed by atoms with van der Waals surface area (Å²) < 4.78 is 0. The summed E-state index contributed by atoms with van der Waals surface area (Å²) in [7, 11) is 0. The molecule has 0 aliphatic carbocycles. The van der Waals surface area contributed by atoms with Gasteiger partial charge in [0.1, 0.15) is 0 Å². The quantitative estimate of drug-likeness (QED) is 0.504. The summed E-state index contributed by atoms with van der Waals surface area (Å²) in [6, 6.07) is 0. The molecule has 2 N–H and O–H groups in total. The van der Waals surface area contributed by atoms with Crippen molar-refractivity contribution in [1.82, 2.24) is 15.3 Å². The van der Waals surface area contributed by atoms with Crippen molar-refractivity contribution in [3.63, 3.8) is 0 Å². The predicted molar refractivity (Wildman–Crippen MR) is 59.1 cm³/mol. The third-order valence-corrected chi connectivity index (χ3v) is 2.24. The molecule has 0 aromatic carbocycles. The lowest BCUT2D eigenvalue weighted by molar-refractivity contribution is -0.108. The molecular weight excluding hydrogens is 190 g/mol. The topological polar surface area (TPSA) is 57.8 Å². The number of imidazole rings is 1. The van der Waals surface area contributed by atoms with E-state index in [1.54, 1.807) is 6.33 Å². The van der Waals surface area contributed by atoms with Crippen molar-refractivity contribution >= 4 is 6.41 Å². The number of nitrogens with one attached hydrogen (secondary N) is 2. The molecule has 82 valence electrons. The first-order chi connectivity index (χ1) is 7.33. The van der Waals surface area contributed by atoms with E-state index >= 15 is 0 Å². The molecule has 1 rings (SSSR count).